The molecule has 2 aromatic heterocycles. The lowest BCUT2D eigenvalue weighted by molar-refractivity contribution is 0.0303. The van der Waals surface area contributed by atoms with Gasteiger partial charge < -0.3 is 19.5 Å². The second-order valence-electron chi connectivity index (χ2n) is 7.25. The van der Waals surface area contributed by atoms with Crippen molar-refractivity contribution >= 4 is 17.5 Å². The number of benzene rings is 1. The van der Waals surface area contributed by atoms with Gasteiger partial charge in [0.25, 0.3) is 11.8 Å². The summed E-state index contributed by atoms with van der Waals surface area (Å²) < 4.78 is 7.26. The minimum absolute atomic E-state index is 0.0530. The maximum Gasteiger partial charge on any atom is 0.257 e. The van der Waals surface area contributed by atoms with Gasteiger partial charge in [0.15, 0.2) is 0 Å². The van der Waals surface area contributed by atoms with E-state index < -0.39 is 0 Å². The molecule has 0 aliphatic carbocycles. The third-order valence-electron chi connectivity index (χ3n) is 5.22. The minimum atomic E-state index is -0.221. The first kappa shape index (κ1) is 19.8. The van der Waals surface area contributed by atoms with Gasteiger partial charge in [-0.2, -0.15) is 0 Å². The summed E-state index contributed by atoms with van der Waals surface area (Å²) in [7, 11) is 0. The standard InChI is InChI=1S/C23H24N4O3/c1-16-14-20(17(2)27(16)21-8-3-4-9-24-21)22(28)25-19-7-5-6-18(15-19)23(29)26-10-12-30-13-11-26/h3-9,14-15H,10-13H2,1-2H3,(H,25,28). The van der Waals surface area contributed by atoms with E-state index in [1.807, 2.05) is 42.7 Å². The maximum absolute atomic E-state index is 13.0. The Morgan fingerprint density at radius 3 is 2.57 bits per heavy atom. The average molecular weight is 404 g/mol. The van der Waals surface area contributed by atoms with Crippen LogP contribution >= 0.6 is 0 Å². The van der Waals surface area contributed by atoms with E-state index in [4.69, 9.17) is 4.74 Å². The van der Waals surface area contributed by atoms with Crippen LogP contribution in [-0.2, 0) is 4.74 Å². The number of rotatable bonds is 4. The second-order valence-corrected chi connectivity index (χ2v) is 7.25. The van der Waals surface area contributed by atoms with Gasteiger partial charge in [-0.3, -0.25) is 9.59 Å². The molecule has 7 nitrogen and oxygen atoms in total. The van der Waals surface area contributed by atoms with E-state index in [0.717, 1.165) is 17.2 Å². The van der Waals surface area contributed by atoms with Gasteiger partial charge in [0, 0.05) is 41.9 Å². The maximum atomic E-state index is 13.0. The fourth-order valence-electron chi connectivity index (χ4n) is 3.71. The summed E-state index contributed by atoms with van der Waals surface area (Å²) in [6.45, 7) is 6.10. The number of carbonyl (C=O) groups excluding carboxylic acids is 2. The highest BCUT2D eigenvalue weighted by Crippen LogP contribution is 2.21. The van der Waals surface area contributed by atoms with Crippen LogP contribution in [0.5, 0.6) is 0 Å². The van der Waals surface area contributed by atoms with Crippen LogP contribution in [0.15, 0.2) is 54.7 Å². The number of aryl methyl sites for hydroxylation is 1. The third kappa shape index (κ3) is 3.97. The first-order valence-electron chi connectivity index (χ1n) is 9.93. The Labute approximate surface area is 175 Å². The molecule has 0 bridgehead atoms. The number of aromatic nitrogens is 2. The molecule has 4 rings (SSSR count). The summed E-state index contributed by atoms with van der Waals surface area (Å²) >= 11 is 0. The molecule has 3 aromatic rings. The predicted molar refractivity (Wildman–Crippen MR) is 114 cm³/mol. The number of nitrogens with zero attached hydrogens (tertiary/aromatic N) is 3. The smallest absolute Gasteiger partial charge is 0.257 e. The van der Waals surface area contributed by atoms with Crippen molar-refractivity contribution < 1.29 is 14.3 Å². The molecule has 0 atom stereocenters. The fourth-order valence-corrected chi connectivity index (χ4v) is 3.71. The van der Waals surface area contributed by atoms with Gasteiger partial charge >= 0.3 is 0 Å². The molecule has 1 N–H and O–H groups in total. The van der Waals surface area contributed by atoms with Crippen molar-refractivity contribution in [1.29, 1.82) is 0 Å². The Morgan fingerprint density at radius 2 is 1.83 bits per heavy atom. The van der Waals surface area contributed by atoms with E-state index in [-0.39, 0.29) is 11.8 Å². The van der Waals surface area contributed by atoms with E-state index in [9.17, 15) is 9.59 Å². The average Bonchev–Trinajstić information content (AvgIpc) is 3.08. The molecule has 0 spiro atoms. The third-order valence-corrected chi connectivity index (χ3v) is 5.22. The van der Waals surface area contributed by atoms with Gasteiger partial charge in [-0.05, 0) is 50.2 Å². The molecule has 0 radical (unpaired) electrons. The number of hydrogen-bond donors (Lipinski definition) is 1. The molecule has 30 heavy (non-hydrogen) atoms. The van der Waals surface area contributed by atoms with Gasteiger partial charge in [-0.1, -0.05) is 12.1 Å². The Bertz CT molecular complexity index is 1070. The quantitative estimate of drug-likeness (QED) is 0.724. The summed E-state index contributed by atoms with van der Waals surface area (Å²) in [4.78, 5) is 31.8. The fraction of sp³-hybridized carbons (Fsp3) is 0.261. The second kappa shape index (κ2) is 8.51. The summed E-state index contributed by atoms with van der Waals surface area (Å²) in [5.41, 5.74) is 3.44. The number of pyridine rings is 1. The van der Waals surface area contributed by atoms with Gasteiger partial charge in [-0.15, -0.1) is 0 Å². The molecule has 0 saturated carbocycles. The Kier molecular flexibility index (Phi) is 5.63. The molecular weight excluding hydrogens is 380 g/mol. The van der Waals surface area contributed by atoms with Crippen molar-refractivity contribution in [2.24, 2.45) is 0 Å². The van der Waals surface area contributed by atoms with Crippen LogP contribution in [0.2, 0.25) is 0 Å². The van der Waals surface area contributed by atoms with Crippen LogP contribution in [0.3, 0.4) is 0 Å². The van der Waals surface area contributed by atoms with E-state index in [2.05, 4.69) is 10.3 Å². The van der Waals surface area contributed by atoms with Gasteiger partial charge in [-0.25, -0.2) is 4.98 Å². The highest BCUT2D eigenvalue weighted by molar-refractivity contribution is 6.06. The molecule has 2 amide bonds. The van der Waals surface area contributed by atoms with E-state index >= 15 is 0 Å². The number of nitrogens with one attached hydrogen (secondary N) is 1. The van der Waals surface area contributed by atoms with E-state index in [0.29, 0.717) is 43.1 Å². The molecule has 0 unspecified atom stereocenters. The summed E-state index contributed by atoms with van der Waals surface area (Å²) in [5.74, 6) is 0.494. The highest BCUT2D eigenvalue weighted by atomic mass is 16.5. The SMILES string of the molecule is Cc1cc(C(=O)Nc2cccc(C(=O)N3CCOCC3)c2)c(C)n1-c1ccccn1. The number of morpholine rings is 1. The lowest BCUT2D eigenvalue weighted by Crippen LogP contribution is -2.40. The molecule has 1 fully saturated rings. The molecular formula is C23H24N4O3. The van der Waals surface area contributed by atoms with Crippen molar-refractivity contribution in [2.45, 2.75) is 13.8 Å². The number of anilines is 1. The first-order valence-corrected chi connectivity index (χ1v) is 9.93. The lowest BCUT2D eigenvalue weighted by Gasteiger charge is -2.27. The molecule has 3 heterocycles. The zero-order valence-corrected chi connectivity index (χ0v) is 17.1. The van der Waals surface area contributed by atoms with Crippen LogP contribution in [0, 0.1) is 13.8 Å². The minimum Gasteiger partial charge on any atom is -0.378 e. The van der Waals surface area contributed by atoms with Crippen molar-refractivity contribution in [1.82, 2.24) is 14.5 Å². The van der Waals surface area contributed by atoms with Crippen LogP contribution in [0.4, 0.5) is 5.69 Å². The summed E-state index contributed by atoms with van der Waals surface area (Å²) in [5, 5.41) is 2.92. The molecule has 7 heteroatoms. The monoisotopic (exact) mass is 404 g/mol. The first-order chi connectivity index (χ1) is 14.5. The van der Waals surface area contributed by atoms with Crippen LogP contribution in [0.1, 0.15) is 32.1 Å². The molecule has 1 saturated heterocycles. The summed E-state index contributed by atoms with van der Waals surface area (Å²) in [6, 6.07) is 14.6. The topological polar surface area (TPSA) is 76.5 Å². The largest absolute Gasteiger partial charge is 0.378 e. The molecule has 1 aliphatic heterocycles. The Morgan fingerprint density at radius 1 is 1.03 bits per heavy atom. The number of ether oxygens (including phenoxy) is 1. The zero-order chi connectivity index (χ0) is 21.1. The normalized spacial score (nSPS) is 13.9. The van der Waals surface area contributed by atoms with Crippen molar-refractivity contribution in [3.8, 4) is 5.82 Å². The Hall–Kier alpha value is -3.45. The van der Waals surface area contributed by atoms with Gasteiger partial charge in [0.2, 0.25) is 0 Å². The highest BCUT2D eigenvalue weighted by Gasteiger charge is 2.20. The van der Waals surface area contributed by atoms with Crippen LogP contribution in [0.25, 0.3) is 5.82 Å². The van der Waals surface area contributed by atoms with Crippen molar-refractivity contribution in [2.75, 3.05) is 31.6 Å². The molecule has 154 valence electrons. The van der Waals surface area contributed by atoms with Crippen molar-refractivity contribution in [3.05, 3.63) is 77.2 Å². The van der Waals surface area contributed by atoms with Crippen LogP contribution < -0.4 is 5.32 Å². The molecule has 1 aromatic carbocycles. The zero-order valence-electron chi connectivity index (χ0n) is 17.1. The van der Waals surface area contributed by atoms with Gasteiger partial charge in [0.05, 0.1) is 18.8 Å². The number of amides is 2. The van der Waals surface area contributed by atoms with E-state index in [1.54, 1.807) is 35.4 Å². The molecule has 1 aliphatic rings. The number of hydrogen-bond acceptors (Lipinski definition) is 4. The number of carbonyl (C=O) groups is 2. The van der Waals surface area contributed by atoms with E-state index in [1.165, 1.54) is 0 Å². The predicted octanol–water partition coefficient (Wildman–Crippen LogP) is 3.21. The Balaban J connectivity index is 1.54. The summed E-state index contributed by atoms with van der Waals surface area (Å²) in [6.07, 6.45) is 1.73. The van der Waals surface area contributed by atoms with Crippen molar-refractivity contribution in [3.63, 3.8) is 0 Å². The van der Waals surface area contributed by atoms with Crippen LogP contribution in [-0.4, -0.2) is 52.6 Å². The lowest BCUT2D eigenvalue weighted by atomic mass is 10.1. The van der Waals surface area contributed by atoms with Gasteiger partial charge in [0.1, 0.15) is 5.82 Å².